The molecular weight excluding hydrogens is 350 g/mol. The first-order chi connectivity index (χ1) is 12.3. The molecule has 1 aliphatic heterocycles. The molecule has 2 aromatic carbocycles. The molecule has 0 spiro atoms. The summed E-state index contributed by atoms with van der Waals surface area (Å²) in [6, 6.07) is 13.8. The second-order valence-corrected chi connectivity index (χ2v) is 8.98. The van der Waals surface area contributed by atoms with Crippen LogP contribution < -0.4 is 0 Å². The summed E-state index contributed by atoms with van der Waals surface area (Å²) < 4.78 is 23.0. The number of hydrogen-bond acceptors (Lipinski definition) is 4. The molecular formula is C20H23NO4S. The Morgan fingerprint density at radius 2 is 1.88 bits per heavy atom. The lowest BCUT2D eigenvalue weighted by molar-refractivity contribution is -0.129. The van der Waals surface area contributed by atoms with Crippen LogP contribution in [0.5, 0.6) is 5.75 Å². The average Bonchev–Trinajstić information content (AvgIpc) is 3.03. The molecule has 1 unspecified atom stereocenters. The first-order valence-corrected chi connectivity index (χ1v) is 10.5. The molecule has 1 saturated heterocycles. The maximum atomic E-state index is 12.5. The van der Waals surface area contributed by atoms with Crippen LogP contribution in [0.2, 0.25) is 0 Å². The normalized spacial score (nSPS) is 17.4. The van der Waals surface area contributed by atoms with Crippen LogP contribution in [-0.2, 0) is 27.5 Å². The van der Waals surface area contributed by atoms with Crippen molar-refractivity contribution in [1.82, 2.24) is 4.90 Å². The van der Waals surface area contributed by atoms with Crippen molar-refractivity contribution in [2.75, 3.05) is 19.3 Å². The van der Waals surface area contributed by atoms with E-state index in [0.717, 1.165) is 37.1 Å². The lowest BCUT2D eigenvalue weighted by Crippen LogP contribution is -2.30. The van der Waals surface area contributed by atoms with Gasteiger partial charge in [-0.05, 0) is 54.2 Å². The van der Waals surface area contributed by atoms with E-state index in [1.54, 1.807) is 36.4 Å². The molecule has 3 rings (SSSR count). The number of benzene rings is 2. The van der Waals surface area contributed by atoms with Crippen molar-refractivity contribution < 1.29 is 18.3 Å². The molecule has 0 saturated carbocycles. The van der Waals surface area contributed by atoms with E-state index in [-0.39, 0.29) is 23.0 Å². The van der Waals surface area contributed by atoms with E-state index >= 15 is 0 Å². The molecule has 26 heavy (non-hydrogen) atoms. The summed E-state index contributed by atoms with van der Waals surface area (Å²) in [6.45, 7) is 1.46. The smallest absolute Gasteiger partial charge is 0.226 e. The fourth-order valence-corrected chi connectivity index (χ4v) is 4.01. The first-order valence-electron chi connectivity index (χ1n) is 8.66. The van der Waals surface area contributed by atoms with Crippen molar-refractivity contribution in [3.8, 4) is 5.75 Å². The summed E-state index contributed by atoms with van der Waals surface area (Å²) in [6.07, 6.45) is 3.25. The van der Waals surface area contributed by atoms with Crippen molar-refractivity contribution in [3.05, 3.63) is 59.7 Å². The fraction of sp³-hybridized carbons (Fsp3) is 0.350. The molecule has 2 aromatic rings. The van der Waals surface area contributed by atoms with Gasteiger partial charge in [-0.15, -0.1) is 0 Å². The van der Waals surface area contributed by atoms with E-state index in [9.17, 15) is 18.3 Å². The van der Waals surface area contributed by atoms with Crippen molar-refractivity contribution >= 4 is 15.7 Å². The number of nitrogens with zero attached hydrogens (tertiary/aromatic N) is 1. The minimum Gasteiger partial charge on any atom is -0.508 e. The minimum atomic E-state index is -3.22. The van der Waals surface area contributed by atoms with Crippen molar-refractivity contribution in [1.29, 1.82) is 0 Å². The topological polar surface area (TPSA) is 74.7 Å². The Hall–Kier alpha value is -2.34. The van der Waals surface area contributed by atoms with Gasteiger partial charge in [0.25, 0.3) is 0 Å². The Labute approximate surface area is 154 Å². The van der Waals surface area contributed by atoms with Gasteiger partial charge in [0.2, 0.25) is 5.91 Å². The van der Waals surface area contributed by atoms with Gasteiger partial charge in [-0.1, -0.05) is 24.3 Å². The molecule has 0 bridgehead atoms. The van der Waals surface area contributed by atoms with Crippen LogP contribution in [0, 0.1) is 5.92 Å². The predicted octanol–water partition coefficient (Wildman–Crippen LogP) is 2.43. The second-order valence-electron chi connectivity index (χ2n) is 6.96. The maximum absolute atomic E-state index is 12.5. The summed E-state index contributed by atoms with van der Waals surface area (Å²) in [5.41, 5.74) is 1.90. The monoisotopic (exact) mass is 373 g/mol. The molecule has 1 atom stereocenters. The van der Waals surface area contributed by atoms with Crippen LogP contribution in [0.25, 0.3) is 0 Å². The number of phenols is 1. The SMILES string of the molecule is CS(=O)(=O)c1ccc(CC(=O)N2CCC(Cc3cccc(O)c3)C2)cc1. The number of aromatic hydroxyl groups is 1. The van der Waals surface area contributed by atoms with E-state index < -0.39 is 9.84 Å². The van der Waals surface area contributed by atoms with Crippen LogP contribution in [0.3, 0.4) is 0 Å². The summed E-state index contributed by atoms with van der Waals surface area (Å²) in [5.74, 6) is 0.731. The predicted molar refractivity (Wildman–Crippen MR) is 99.8 cm³/mol. The number of sulfone groups is 1. The van der Waals surface area contributed by atoms with Crippen molar-refractivity contribution in [3.63, 3.8) is 0 Å². The van der Waals surface area contributed by atoms with Crippen LogP contribution in [0.15, 0.2) is 53.4 Å². The highest BCUT2D eigenvalue weighted by molar-refractivity contribution is 7.90. The van der Waals surface area contributed by atoms with Gasteiger partial charge in [0.05, 0.1) is 11.3 Å². The highest BCUT2D eigenvalue weighted by atomic mass is 32.2. The Morgan fingerprint density at radius 3 is 2.54 bits per heavy atom. The van der Waals surface area contributed by atoms with Gasteiger partial charge >= 0.3 is 0 Å². The molecule has 6 heteroatoms. The quantitative estimate of drug-likeness (QED) is 0.873. The molecule has 1 heterocycles. The second kappa shape index (κ2) is 7.50. The molecule has 138 valence electrons. The number of rotatable bonds is 5. The standard InChI is InChI=1S/C20H23NO4S/c1-26(24,25)19-7-5-15(6-8-19)13-20(23)21-10-9-17(14-21)11-16-3-2-4-18(22)12-16/h2-8,12,17,22H,9-11,13-14H2,1H3. The summed E-state index contributed by atoms with van der Waals surface area (Å²) in [4.78, 5) is 14.7. The summed E-state index contributed by atoms with van der Waals surface area (Å²) in [7, 11) is -3.22. The number of carbonyl (C=O) groups is 1. The molecule has 1 aliphatic rings. The first kappa shape index (κ1) is 18.5. The third-order valence-corrected chi connectivity index (χ3v) is 5.91. The molecule has 5 nitrogen and oxygen atoms in total. The van der Waals surface area contributed by atoms with E-state index in [2.05, 4.69) is 0 Å². The average molecular weight is 373 g/mol. The zero-order valence-corrected chi connectivity index (χ0v) is 15.6. The maximum Gasteiger partial charge on any atom is 0.226 e. The Balaban J connectivity index is 1.56. The Bertz CT molecular complexity index is 890. The number of hydrogen-bond donors (Lipinski definition) is 1. The third kappa shape index (κ3) is 4.64. The fourth-order valence-electron chi connectivity index (χ4n) is 3.38. The van der Waals surface area contributed by atoms with Gasteiger partial charge in [-0.3, -0.25) is 4.79 Å². The summed E-state index contributed by atoms with van der Waals surface area (Å²) >= 11 is 0. The van der Waals surface area contributed by atoms with Gasteiger partial charge in [-0.25, -0.2) is 8.42 Å². The molecule has 1 amide bonds. The van der Waals surface area contributed by atoms with Gasteiger partial charge in [0.15, 0.2) is 9.84 Å². The number of phenolic OH excluding ortho intramolecular Hbond substituents is 1. The van der Waals surface area contributed by atoms with E-state index in [4.69, 9.17) is 0 Å². The lowest BCUT2D eigenvalue weighted by atomic mass is 9.98. The number of amides is 1. The number of likely N-dealkylation sites (tertiary alicyclic amines) is 1. The highest BCUT2D eigenvalue weighted by Crippen LogP contribution is 2.23. The Morgan fingerprint density at radius 1 is 1.15 bits per heavy atom. The largest absolute Gasteiger partial charge is 0.508 e. The lowest BCUT2D eigenvalue weighted by Gasteiger charge is -2.17. The Kier molecular flexibility index (Phi) is 5.32. The van der Waals surface area contributed by atoms with Gasteiger partial charge < -0.3 is 10.0 Å². The van der Waals surface area contributed by atoms with Crippen molar-refractivity contribution in [2.24, 2.45) is 5.92 Å². The molecule has 0 radical (unpaired) electrons. The van der Waals surface area contributed by atoms with E-state index in [0.29, 0.717) is 5.92 Å². The van der Waals surface area contributed by atoms with Crippen LogP contribution in [-0.4, -0.2) is 43.7 Å². The highest BCUT2D eigenvalue weighted by Gasteiger charge is 2.26. The molecule has 1 fully saturated rings. The minimum absolute atomic E-state index is 0.0653. The summed E-state index contributed by atoms with van der Waals surface area (Å²) in [5, 5.41) is 9.56. The van der Waals surface area contributed by atoms with Gasteiger partial charge in [-0.2, -0.15) is 0 Å². The van der Waals surface area contributed by atoms with Crippen LogP contribution >= 0.6 is 0 Å². The van der Waals surface area contributed by atoms with E-state index in [1.807, 2.05) is 17.0 Å². The van der Waals surface area contributed by atoms with Gasteiger partial charge in [0, 0.05) is 19.3 Å². The van der Waals surface area contributed by atoms with Crippen LogP contribution in [0.1, 0.15) is 17.5 Å². The van der Waals surface area contributed by atoms with Crippen molar-refractivity contribution in [2.45, 2.75) is 24.2 Å². The van der Waals surface area contributed by atoms with Gasteiger partial charge in [0.1, 0.15) is 5.75 Å². The third-order valence-electron chi connectivity index (χ3n) is 4.78. The van der Waals surface area contributed by atoms with E-state index in [1.165, 1.54) is 6.26 Å². The molecule has 1 N–H and O–H groups in total. The molecule has 0 aromatic heterocycles. The van der Waals surface area contributed by atoms with Crippen LogP contribution in [0.4, 0.5) is 0 Å². The zero-order valence-electron chi connectivity index (χ0n) is 14.8. The molecule has 0 aliphatic carbocycles. The zero-order chi connectivity index (χ0) is 18.7. The number of carbonyl (C=O) groups excluding carboxylic acids is 1.